The van der Waals surface area contributed by atoms with E-state index in [0.717, 1.165) is 15.8 Å². The second kappa shape index (κ2) is 5.54. The molecule has 0 amide bonds. The molecule has 4 heteroatoms. The Morgan fingerprint density at radius 3 is 2.59 bits per heavy atom. The second-order valence-electron chi connectivity index (χ2n) is 3.49. The van der Waals surface area contributed by atoms with Gasteiger partial charge in [0.15, 0.2) is 0 Å². The van der Waals surface area contributed by atoms with Crippen molar-refractivity contribution in [1.29, 1.82) is 0 Å². The van der Waals surface area contributed by atoms with Crippen LogP contribution in [0.4, 0.5) is 0 Å². The maximum atomic E-state index is 6.04. The van der Waals surface area contributed by atoms with Crippen LogP contribution in [0.2, 0.25) is 5.02 Å². The average molecular weight is 313 g/mol. The molecule has 0 saturated heterocycles. The number of halogens is 2. The highest BCUT2D eigenvalue weighted by Crippen LogP contribution is 2.32. The molecular weight excluding hydrogens is 302 g/mol. The predicted octanol–water partition coefficient (Wildman–Crippen LogP) is 4.35. The molecule has 0 aliphatic carbocycles. The van der Waals surface area contributed by atoms with Crippen LogP contribution in [0, 0.1) is 0 Å². The smallest absolute Gasteiger partial charge is 0.146 e. The molecule has 2 aromatic rings. The summed E-state index contributed by atoms with van der Waals surface area (Å²) in [7, 11) is 0. The minimum absolute atomic E-state index is 0.416. The van der Waals surface area contributed by atoms with Crippen LogP contribution in [0.1, 0.15) is 5.56 Å². The van der Waals surface area contributed by atoms with Crippen molar-refractivity contribution < 1.29 is 4.74 Å². The van der Waals surface area contributed by atoms with E-state index in [2.05, 4.69) is 15.9 Å². The van der Waals surface area contributed by atoms with Gasteiger partial charge in [0.2, 0.25) is 0 Å². The first-order chi connectivity index (χ1) is 8.20. The number of ether oxygens (including phenoxy) is 1. The Morgan fingerprint density at radius 2 is 1.88 bits per heavy atom. The SMILES string of the molecule is NCc1cc(Br)ccc1Oc1ccccc1Cl. The van der Waals surface area contributed by atoms with E-state index in [9.17, 15) is 0 Å². The average Bonchev–Trinajstić information content (AvgIpc) is 2.34. The van der Waals surface area contributed by atoms with E-state index in [0.29, 0.717) is 17.3 Å². The third kappa shape index (κ3) is 3.00. The molecule has 0 aliphatic rings. The monoisotopic (exact) mass is 311 g/mol. The Bertz CT molecular complexity index is 531. The summed E-state index contributed by atoms with van der Waals surface area (Å²) >= 11 is 9.44. The first-order valence-electron chi connectivity index (χ1n) is 5.11. The van der Waals surface area contributed by atoms with Crippen LogP contribution in [0.5, 0.6) is 11.5 Å². The molecule has 0 aromatic heterocycles. The van der Waals surface area contributed by atoms with E-state index in [1.165, 1.54) is 0 Å². The molecule has 0 radical (unpaired) electrons. The molecule has 0 fully saturated rings. The Balaban J connectivity index is 2.33. The number of para-hydroxylation sites is 1. The predicted molar refractivity (Wildman–Crippen MR) is 73.6 cm³/mol. The van der Waals surface area contributed by atoms with Crippen LogP contribution in [0.3, 0.4) is 0 Å². The Morgan fingerprint density at radius 1 is 1.12 bits per heavy atom. The fourth-order valence-electron chi connectivity index (χ4n) is 1.45. The first kappa shape index (κ1) is 12.4. The number of nitrogens with two attached hydrogens (primary N) is 1. The van der Waals surface area contributed by atoms with Crippen molar-refractivity contribution in [3.8, 4) is 11.5 Å². The summed E-state index contributed by atoms with van der Waals surface area (Å²) in [5.74, 6) is 1.36. The fraction of sp³-hybridized carbons (Fsp3) is 0.0769. The van der Waals surface area contributed by atoms with Gasteiger partial charge in [-0.3, -0.25) is 0 Å². The summed E-state index contributed by atoms with van der Waals surface area (Å²) in [5, 5.41) is 0.582. The summed E-state index contributed by atoms with van der Waals surface area (Å²) in [6, 6.07) is 13.1. The Labute approximate surface area is 113 Å². The molecule has 2 rings (SSSR count). The summed E-state index contributed by atoms with van der Waals surface area (Å²) in [4.78, 5) is 0. The maximum absolute atomic E-state index is 6.04. The van der Waals surface area contributed by atoms with Crippen molar-refractivity contribution in [1.82, 2.24) is 0 Å². The van der Waals surface area contributed by atoms with Crippen LogP contribution in [-0.2, 0) is 6.54 Å². The maximum Gasteiger partial charge on any atom is 0.146 e. The molecule has 0 atom stereocenters. The van der Waals surface area contributed by atoms with Crippen LogP contribution in [-0.4, -0.2) is 0 Å². The lowest BCUT2D eigenvalue weighted by molar-refractivity contribution is 0.476. The summed E-state index contributed by atoms with van der Waals surface area (Å²) in [5.41, 5.74) is 6.61. The van der Waals surface area contributed by atoms with Gasteiger partial charge in [-0.2, -0.15) is 0 Å². The van der Waals surface area contributed by atoms with Gasteiger partial charge in [-0.1, -0.05) is 39.7 Å². The number of hydrogen-bond acceptors (Lipinski definition) is 2. The molecular formula is C13H11BrClNO. The van der Waals surface area contributed by atoms with E-state index in [-0.39, 0.29) is 0 Å². The molecule has 0 bridgehead atoms. The molecule has 0 aliphatic heterocycles. The Kier molecular flexibility index (Phi) is 4.05. The molecule has 2 aromatic carbocycles. The van der Waals surface area contributed by atoms with Gasteiger partial charge in [0.1, 0.15) is 11.5 Å². The van der Waals surface area contributed by atoms with Gasteiger partial charge in [-0.25, -0.2) is 0 Å². The largest absolute Gasteiger partial charge is 0.455 e. The zero-order chi connectivity index (χ0) is 12.3. The zero-order valence-corrected chi connectivity index (χ0v) is 11.3. The molecule has 0 unspecified atom stereocenters. The number of rotatable bonds is 3. The van der Waals surface area contributed by atoms with Crippen LogP contribution < -0.4 is 10.5 Å². The van der Waals surface area contributed by atoms with E-state index in [1.807, 2.05) is 36.4 Å². The van der Waals surface area contributed by atoms with Gasteiger partial charge in [-0.15, -0.1) is 0 Å². The third-order valence-corrected chi connectivity index (χ3v) is 3.10. The van der Waals surface area contributed by atoms with Crippen LogP contribution >= 0.6 is 27.5 Å². The summed E-state index contributed by atoms with van der Waals surface area (Å²) in [6.07, 6.45) is 0. The lowest BCUT2D eigenvalue weighted by Crippen LogP contribution is -1.99. The van der Waals surface area contributed by atoms with Gasteiger partial charge in [-0.05, 0) is 30.3 Å². The normalized spacial score (nSPS) is 10.3. The second-order valence-corrected chi connectivity index (χ2v) is 4.81. The van der Waals surface area contributed by atoms with Crippen molar-refractivity contribution >= 4 is 27.5 Å². The standard InChI is InChI=1S/C13H11BrClNO/c14-10-5-6-12(9(7-10)8-16)17-13-4-2-1-3-11(13)15/h1-7H,8,16H2. The minimum atomic E-state index is 0.416. The van der Waals surface area contributed by atoms with E-state index in [4.69, 9.17) is 22.1 Å². The topological polar surface area (TPSA) is 35.2 Å². The van der Waals surface area contributed by atoms with Crippen molar-refractivity contribution in [2.75, 3.05) is 0 Å². The van der Waals surface area contributed by atoms with Gasteiger partial charge in [0.25, 0.3) is 0 Å². The van der Waals surface area contributed by atoms with Gasteiger partial charge < -0.3 is 10.5 Å². The lowest BCUT2D eigenvalue weighted by Gasteiger charge is -2.11. The van der Waals surface area contributed by atoms with Gasteiger partial charge in [0, 0.05) is 16.6 Å². The summed E-state index contributed by atoms with van der Waals surface area (Å²) in [6.45, 7) is 0.416. The zero-order valence-electron chi connectivity index (χ0n) is 8.99. The quantitative estimate of drug-likeness (QED) is 0.914. The Hall–Kier alpha value is -1.03. The first-order valence-corrected chi connectivity index (χ1v) is 6.28. The fourth-order valence-corrected chi connectivity index (χ4v) is 2.04. The van der Waals surface area contributed by atoms with Crippen molar-refractivity contribution in [2.24, 2.45) is 5.73 Å². The van der Waals surface area contributed by atoms with Crippen molar-refractivity contribution in [2.45, 2.75) is 6.54 Å². The van der Waals surface area contributed by atoms with E-state index >= 15 is 0 Å². The minimum Gasteiger partial charge on any atom is -0.455 e. The molecule has 2 nitrogen and oxygen atoms in total. The molecule has 2 N–H and O–H groups in total. The number of hydrogen-bond donors (Lipinski definition) is 1. The molecule has 0 saturated carbocycles. The van der Waals surface area contributed by atoms with E-state index in [1.54, 1.807) is 6.07 Å². The lowest BCUT2D eigenvalue weighted by atomic mass is 10.2. The third-order valence-electron chi connectivity index (χ3n) is 2.30. The highest BCUT2D eigenvalue weighted by molar-refractivity contribution is 9.10. The van der Waals surface area contributed by atoms with Crippen molar-refractivity contribution in [3.05, 3.63) is 57.5 Å². The highest BCUT2D eigenvalue weighted by Gasteiger charge is 2.06. The van der Waals surface area contributed by atoms with Gasteiger partial charge >= 0.3 is 0 Å². The number of benzene rings is 2. The van der Waals surface area contributed by atoms with Crippen LogP contribution in [0.25, 0.3) is 0 Å². The molecule has 17 heavy (non-hydrogen) atoms. The van der Waals surface area contributed by atoms with E-state index < -0.39 is 0 Å². The molecule has 0 spiro atoms. The molecule has 0 heterocycles. The highest BCUT2D eigenvalue weighted by atomic mass is 79.9. The van der Waals surface area contributed by atoms with Gasteiger partial charge in [0.05, 0.1) is 5.02 Å². The molecule has 88 valence electrons. The van der Waals surface area contributed by atoms with Crippen LogP contribution in [0.15, 0.2) is 46.9 Å². The van der Waals surface area contributed by atoms with Crippen molar-refractivity contribution in [3.63, 3.8) is 0 Å². The summed E-state index contributed by atoms with van der Waals surface area (Å²) < 4.78 is 6.73.